The van der Waals surface area contributed by atoms with Gasteiger partial charge >= 0.3 is 0 Å². The number of carbonyl (C=O) groups excluding carboxylic acids is 1. The SMILES string of the molecule is COc1cc(C=CC(=O)Nc2ccc(Cl)cc2C)ccc1OCCC(C)C. The molecule has 0 atom stereocenters. The maximum absolute atomic E-state index is 12.2. The van der Waals surface area contributed by atoms with Crippen molar-refractivity contribution in [1.29, 1.82) is 0 Å². The van der Waals surface area contributed by atoms with Crippen molar-refractivity contribution < 1.29 is 14.3 Å². The van der Waals surface area contributed by atoms with Gasteiger partial charge in [0.2, 0.25) is 5.91 Å². The predicted octanol–water partition coefficient (Wildman–Crippen LogP) is 5.73. The Morgan fingerprint density at radius 2 is 1.96 bits per heavy atom. The summed E-state index contributed by atoms with van der Waals surface area (Å²) in [5, 5.41) is 3.49. The molecule has 0 aliphatic carbocycles. The first-order chi connectivity index (χ1) is 12.9. The van der Waals surface area contributed by atoms with E-state index < -0.39 is 0 Å². The van der Waals surface area contributed by atoms with E-state index >= 15 is 0 Å². The van der Waals surface area contributed by atoms with Gasteiger partial charge in [-0.25, -0.2) is 0 Å². The quantitative estimate of drug-likeness (QED) is 0.588. The first-order valence-electron chi connectivity index (χ1n) is 8.95. The van der Waals surface area contributed by atoms with Gasteiger partial charge in [-0.1, -0.05) is 31.5 Å². The highest BCUT2D eigenvalue weighted by Crippen LogP contribution is 2.29. The number of carbonyl (C=O) groups is 1. The summed E-state index contributed by atoms with van der Waals surface area (Å²) in [5.74, 6) is 1.73. The zero-order chi connectivity index (χ0) is 19.8. The van der Waals surface area contributed by atoms with E-state index in [0.29, 0.717) is 29.0 Å². The van der Waals surface area contributed by atoms with Gasteiger partial charge in [-0.15, -0.1) is 0 Å². The number of halogens is 1. The lowest BCUT2D eigenvalue weighted by Gasteiger charge is -2.12. The second kappa shape index (κ2) is 10.0. The molecule has 0 saturated carbocycles. The van der Waals surface area contributed by atoms with Crippen molar-refractivity contribution in [2.45, 2.75) is 27.2 Å². The van der Waals surface area contributed by atoms with E-state index in [9.17, 15) is 4.79 Å². The van der Waals surface area contributed by atoms with Crippen molar-refractivity contribution >= 4 is 29.3 Å². The van der Waals surface area contributed by atoms with Crippen molar-refractivity contribution in [3.05, 3.63) is 58.6 Å². The van der Waals surface area contributed by atoms with Gasteiger partial charge in [-0.05, 0) is 66.8 Å². The monoisotopic (exact) mass is 387 g/mol. The van der Waals surface area contributed by atoms with Gasteiger partial charge in [-0.3, -0.25) is 4.79 Å². The fourth-order valence-corrected chi connectivity index (χ4v) is 2.65. The van der Waals surface area contributed by atoms with Crippen LogP contribution in [0.15, 0.2) is 42.5 Å². The number of ether oxygens (including phenoxy) is 2. The van der Waals surface area contributed by atoms with E-state index in [1.54, 1.807) is 25.3 Å². The van der Waals surface area contributed by atoms with Crippen LogP contribution in [0.4, 0.5) is 5.69 Å². The summed E-state index contributed by atoms with van der Waals surface area (Å²) in [6.07, 6.45) is 4.21. The van der Waals surface area contributed by atoms with Gasteiger partial charge in [0.05, 0.1) is 13.7 Å². The molecule has 5 heteroatoms. The minimum atomic E-state index is -0.211. The van der Waals surface area contributed by atoms with E-state index in [1.165, 1.54) is 6.08 Å². The second-order valence-electron chi connectivity index (χ2n) is 6.72. The van der Waals surface area contributed by atoms with Gasteiger partial charge < -0.3 is 14.8 Å². The summed E-state index contributed by atoms with van der Waals surface area (Å²) in [4.78, 5) is 12.2. The third-order valence-electron chi connectivity index (χ3n) is 4.01. The average Bonchev–Trinajstić information content (AvgIpc) is 2.62. The highest BCUT2D eigenvalue weighted by atomic mass is 35.5. The number of hydrogen-bond acceptors (Lipinski definition) is 3. The van der Waals surface area contributed by atoms with Crippen molar-refractivity contribution in [3.8, 4) is 11.5 Å². The molecule has 4 nitrogen and oxygen atoms in total. The number of aryl methyl sites for hydroxylation is 1. The van der Waals surface area contributed by atoms with Gasteiger partial charge in [0.15, 0.2) is 11.5 Å². The third-order valence-corrected chi connectivity index (χ3v) is 4.25. The van der Waals surface area contributed by atoms with Crippen molar-refractivity contribution in [2.75, 3.05) is 19.0 Å². The van der Waals surface area contributed by atoms with Gasteiger partial charge in [0.25, 0.3) is 0 Å². The average molecular weight is 388 g/mol. The molecular formula is C22H26ClNO3. The number of benzene rings is 2. The molecule has 0 radical (unpaired) electrons. The molecule has 2 aromatic rings. The van der Waals surface area contributed by atoms with Gasteiger partial charge in [-0.2, -0.15) is 0 Å². The Hall–Kier alpha value is -2.46. The van der Waals surface area contributed by atoms with E-state index in [0.717, 1.165) is 23.2 Å². The van der Waals surface area contributed by atoms with Crippen LogP contribution < -0.4 is 14.8 Å². The molecule has 144 valence electrons. The summed E-state index contributed by atoms with van der Waals surface area (Å²) >= 11 is 5.93. The van der Waals surface area contributed by atoms with Crippen LogP contribution in [0.3, 0.4) is 0 Å². The van der Waals surface area contributed by atoms with Crippen molar-refractivity contribution in [3.63, 3.8) is 0 Å². The number of rotatable bonds is 8. The number of methoxy groups -OCH3 is 1. The van der Waals surface area contributed by atoms with Crippen LogP contribution in [0, 0.1) is 12.8 Å². The molecule has 2 rings (SSSR count). The molecule has 0 spiro atoms. The van der Waals surface area contributed by atoms with E-state index in [2.05, 4.69) is 19.2 Å². The van der Waals surface area contributed by atoms with Crippen LogP contribution >= 0.6 is 11.6 Å². The Balaban J connectivity index is 2.01. The highest BCUT2D eigenvalue weighted by Gasteiger charge is 2.06. The molecule has 1 N–H and O–H groups in total. The summed E-state index contributed by atoms with van der Waals surface area (Å²) in [6, 6.07) is 10.9. The molecule has 0 unspecified atom stereocenters. The first kappa shape index (κ1) is 20.8. The Morgan fingerprint density at radius 3 is 2.63 bits per heavy atom. The standard InChI is InChI=1S/C22H26ClNO3/c1-15(2)11-12-27-20-9-5-17(14-21(20)26-4)6-10-22(25)24-19-8-7-18(23)13-16(19)3/h5-10,13-15H,11-12H2,1-4H3,(H,24,25). The molecule has 0 heterocycles. The molecule has 0 fully saturated rings. The molecule has 0 aliphatic rings. The molecule has 27 heavy (non-hydrogen) atoms. The largest absolute Gasteiger partial charge is 0.493 e. The molecule has 0 bridgehead atoms. The van der Waals surface area contributed by atoms with E-state index in [1.807, 2.05) is 31.2 Å². The van der Waals surface area contributed by atoms with E-state index in [4.69, 9.17) is 21.1 Å². The Bertz CT molecular complexity index is 815. The molecule has 0 saturated heterocycles. The van der Waals surface area contributed by atoms with Crippen molar-refractivity contribution in [1.82, 2.24) is 0 Å². The van der Waals surface area contributed by atoms with Crippen LogP contribution in [0.2, 0.25) is 5.02 Å². The van der Waals surface area contributed by atoms with Gasteiger partial charge in [0.1, 0.15) is 0 Å². The zero-order valence-electron chi connectivity index (χ0n) is 16.2. The molecule has 0 aliphatic heterocycles. The molecule has 0 aromatic heterocycles. The van der Waals surface area contributed by atoms with Crippen LogP contribution in [0.1, 0.15) is 31.4 Å². The van der Waals surface area contributed by atoms with Crippen LogP contribution in [0.25, 0.3) is 6.08 Å². The second-order valence-corrected chi connectivity index (χ2v) is 7.16. The van der Waals surface area contributed by atoms with Crippen LogP contribution in [-0.4, -0.2) is 19.6 Å². The fourth-order valence-electron chi connectivity index (χ4n) is 2.43. The summed E-state index contributed by atoms with van der Waals surface area (Å²) in [7, 11) is 1.61. The highest BCUT2D eigenvalue weighted by molar-refractivity contribution is 6.30. The number of amides is 1. The molecular weight excluding hydrogens is 362 g/mol. The zero-order valence-corrected chi connectivity index (χ0v) is 17.0. The lowest BCUT2D eigenvalue weighted by Crippen LogP contribution is -2.08. The third kappa shape index (κ3) is 6.65. The summed E-state index contributed by atoms with van der Waals surface area (Å²) in [6.45, 7) is 6.86. The van der Waals surface area contributed by atoms with Gasteiger partial charge in [0, 0.05) is 16.8 Å². The summed E-state index contributed by atoms with van der Waals surface area (Å²) in [5.41, 5.74) is 2.50. The normalized spacial score (nSPS) is 11.0. The first-order valence-corrected chi connectivity index (χ1v) is 9.33. The maximum atomic E-state index is 12.2. The fraction of sp³-hybridized carbons (Fsp3) is 0.318. The Morgan fingerprint density at radius 1 is 1.19 bits per heavy atom. The number of nitrogens with one attached hydrogen (secondary N) is 1. The Kier molecular flexibility index (Phi) is 7.74. The minimum absolute atomic E-state index is 0.211. The molecule has 1 amide bonds. The van der Waals surface area contributed by atoms with Crippen LogP contribution in [-0.2, 0) is 4.79 Å². The predicted molar refractivity (Wildman–Crippen MR) is 112 cm³/mol. The van der Waals surface area contributed by atoms with E-state index in [-0.39, 0.29) is 5.91 Å². The smallest absolute Gasteiger partial charge is 0.248 e. The maximum Gasteiger partial charge on any atom is 0.248 e. The Labute approximate surface area is 166 Å². The summed E-state index contributed by atoms with van der Waals surface area (Å²) < 4.78 is 11.2. The number of hydrogen-bond donors (Lipinski definition) is 1. The lowest BCUT2D eigenvalue weighted by atomic mass is 10.1. The number of anilines is 1. The minimum Gasteiger partial charge on any atom is -0.493 e. The topological polar surface area (TPSA) is 47.6 Å². The van der Waals surface area contributed by atoms with Crippen molar-refractivity contribution in [2.24, 2.45) is 5.92 Å². The van der Waals surface area contributed by atoms with Crippen LogP contribution in [0.5, 0.6) is 11.5 Å². The lowest BCUT2D eigenvalue weighted by molar-refractivity contribution is -0.111. The molecule has 2 aromatic carbocycles.